The predicted octanol–water partition coefficient (Wildman–Crippen LogP) is 5.21. The van der Waals surface area contributed by atoms with Crippen LogP contribution in [0.5, 0.6) is 5.75 Å². The first-order valence-electron chi connectivity index (χ1n) is 9.08. The highest BCUT2D eigenvalue weighted by atomic mass is 19.4. The van der Waals surface area contributed by atoms with E-state index in [0.717, 1.165) is 31.9 Å². The van der Waals surface area contributed by atoms with Crippen molar-refractivity contribution in [2.75, 3.05) is 36.0 Å². The SMILES string of the molecule is CC(C)(C)c1ccc(N2CCN(c3ccc(OC(F)(F)F)cc3)CC2)cc1. The second-order valence-electron chi connectivity index (χ2n) is 7.81. The molecule has 0 N–H and O–H groups in total. The van der Waals surface area contributed by atoms with E-state index in [1.54, 1.807) is 12.1 Å². The Morgan fingerprint density at radius 1 is 0.704 bits per heavy atom. The molecule has 0 aliphatic carbocycles. The molecule has 6 heteroatoms. The molecule has 0 atom stereocenters. The van der Waals surface area contributed by atoms with E-state index in [-0.39, 0.29) is 11.2 Å². The van der Waals surface area contributed by atoms with Crippen molar-refractivity contribution in [3.63, 3.8) is 0 Å². The number of ether oxygens (including phenoxy) is 1. The van der Waals surface area contributed by atoms with Crippen molar-refractivity contribution in [3.8, 4) is 5.75 Å². The standard InChI is InChI=1S/C21H25F3N2O/c1-20(2,3)16-4-6-17(7-5-16)25-12-14-26(15-13-25)18-8-10-19(11-9-18)27-21(22,23)24/h4-11H,12-15H2,1-3H3. The molecule has 1 saturated heterocycles. The quantitative estimate of drug-likeness (QED) is 0.729. The molecule has 1 aliphatic rings. The number of alkyl halides is 3. The highest BCUT2D eigenvalue weighted by Crippen LogP contribution is 2.28. The molecule has 2 aromatic carbocycles. The van der Waals surface area contributed by atoms with Gasteiger partial charge in [0.15, 0.2) is 0 Å². The average molecular weight is 378 g/mol. The van der Waals surface area contributed by atoms with Crippen molar-refractivity contribution >= 4 is 11.4 Å². The lowest BCUT2D eigenvalue weighted by molar-refractivity contribution is -0.274. The first kappa shape index (κ1) is 19.4. The minimum absolute atomic E-state index is 0.138. The van der Waals surface area contributed by atoms with E-state index in [0.29, 0.717) is 0 Å². The van der Waals surface area contributed by atoms with Crippen LogP contribution in [0.3, 0.4) is 0 Å². The first-order chi connectivity index (χ1) is 12.6. The van der Waals surface area contributed by atoms with Crippen LogP contribution in [-0.4, -0.2) is 32.5 Å². The Balaban J connectivity index is 1.58. The molecular formula is C21H25F3N2O. The molecule has 1 aliphatic heterocycles. The van der Waals surface area contributed by atoms with Gasteiger partial charge in [-0.15, -0.1) is 13.2 Å². The summed E-state index contributed by atoms with van der Waals surface area (Å²) in [5.74, 6) is -0.191. The molecule has 3 rings (SSSR count). The van der Waals surface area contributed by atoms with Gasteiger partial charge in [0, 0.05) is 37.6 Å². The number of piperazine rings is 1. The van der Waals surface area contributed by atoms with Gasteiger partial charge in [0.05, 0.1) is 0 Å². The van der Waals surface area contributed by atoms with Crippen LogP contribution in [0.25, 0.3) is 0 Å². The number of anilines is 2. The maximum atomic E-state index is 12.3. The fourth-order valence-electron chi connectivity index (χ4n) is 3.25. The molecule has 0 unspecified atom stereocenters. The molecule has 0 amide bonds. The Labute approximate surface area is 158 Å². The number of rotatable bonds is 3. The Morgan fingerprint density at radius 2 is 1.11 bits per heavy atom. The van der Waals surface area contributed by atoms with Gasteiger partial charge >= 0.3 is 6.36 Å². The summed E-state index contributed by atoms with van der Waals surface area (Å²) in [4.78, 5) is 4.52. The third-order valence-electron chi connectivity index (χ3n) is 4.81. The largest absolute Gasteiger partial charge is 0.573 e. The van der Waals surface area contributed by atoms with E-state index in [1.807, 2.05) is 0 Å². The van der Waals surface area contributed by atoms with Crippen molar-refractivity contribution in [1.29, 1.82) is 0 Å². The summed E-state index contributed by atoms with van der Waals surface area (Å²) in [6.45, 7) is 9.98. The summed E-state index contributed by atoms with van der Waals surface area (Å²) >= 11 is 0. The Bertz CT molecular complexity index is 741. The zero-order valence-electron chi connectivity index (χ0n) is 15.9. The molecule has 1 heterocycles. The summed E-state index contributed by atoms with van der Waals surface area (Å²) < 4.78 is 40.7. The average Bonchev–Trinajstić information content (AvgIpc) is 2.61. The predicted molar refractivity (Wildman–Crippen MR) is 103 cm³/mol. The first-order valence-corrected chi connectivity index (χ1v) is 9.08. The van der Waals surface area contributed by atoms with Gasteiger partial charge in [-0.3, -0.25) is 0 Å². The molecule has 0 spiro atoms. The van der Waals surface area contributed by atoms with E-state index in [2.05, 4.69) is 59.6 Å². The molecular weight excluding hydrogens is 353 g/mol. The van der Waals surface area contributed by atoms with Crippen molar-refractivity contribution in [2.45, 2.75) is 32.5 Å². The minimum atomic E-state index is -4.66. The Kier molecular flexibility index (Phi) is 5.27. The zero-order valence-corrected chi connectivity index (χ0v) is 15.9. The number of hydrogen-bond acceptors (Lipinski definition) is 3. The van der Waals surface area contributed by atoms with Gasteiger partial charge < -0.3 is 14.5 Å². The molecule has 0 bridgehead atoms. The fourth-order valence-corrected chi connectivity index (χ4v) is 3.25. The summed E-state index contributed by atoms with van der Waals surface area (Å²) in [6, 6.07) is 14.8. The maximum Gasteiger partial charge on any atom is 0.573 e. The molecule has 0 aromatic heterocycles. The van der Waals surface area contributed by atoms with E-state index in [1.165, 1.54) is 23.4 Å². The Morgan fingerprint density at radius 3 is 1.48 bits per heavy atom. The monoisotopic (exact) mass is 378 g/mol. The summed E-state index contributed by atoms with van der Waals surface area (Å²) in [5, 5.41) is 0. The van der Waals surface area contributed by atoms with Gasteiger partial charge in [0.25, 0.3) is 0 Å². The van der Waals surface area contributed by atoms with Gasteiger partial charge in [-0.25, -0.2) is 0 Å². The van der Waals surface area contributed by atoms with Crippen molar-refractivity contribution in [3.05, 3.63) is 54.1 Å². The third kappa shape index (κ3) is 5.08. The van der Waals surface area contributed by atoms with Gasteiger partial charge in [-0.1, -0.05) is 32.9 Å². The summed E-state index contributed by atoms with van der Waals surface area (Å²) in [5.41, 5.74) is 3.56. The highest BCUT2D eigenvalue weighted by Gasteiger charge is 2.31. The molecule has 0 radical (unpaired) electrons. The lowest BCUT2D eigenvalue weighted by Gasteiger charge is -2.37. The molecule has 3 nitrogen and oxygen atoms in total. The lowest BCUT2D eigenvalue weighted by atomic mass is 9.87. The van der Waals surface area contributed by atoms with Crippen LogP contribution in [0.2, 0.25) is 0 Å². The smallest absolute Gasteiger partial charge is 0.406 e. The van der Waals surface area contributed by atoms with Crippen LogP contribution in [0.4, 0.5) is 24.5 Å². The van der Waals surface area contributed by atoms with Crippen LogP contribution in [-0.2, 0) is 5.41 Å². The van der Waals surface area contributed by atoms with E-state index in [9.17, 15) is 13.2 Å². The van der Waals surface area contributed by atoms with Crippen molar-refractivity contribution < 1.29 is 17.9 Å². The van der Waals surface area contributed by atoms with Gasteiger partial charge in [0.1, 0.15) is 5.75 Å². The second-order valence-corrected chi connectivity index (χ2v) is 7.81. The van der Waals surface area contributed by atoms with Crippen molar-refractivity contribution in [2.24, 2.45) is 0 Å². The van der Waals surface area contributed by atoms with Gasteiger partial charge in [-0.2, -0.15) is 0 Å². The van der Waals surface area contributed by atoms with E-state index < -0.39 is 6.36 Å². The molecule has 1 fully saturated rings. The molecule has 0 saturated carbocycles. The number of nitrogens with zero attached hydrogens (tertiary/aromatic N) is 2. The van der Waals surface area contributed by atoms with Crippen LogP contribution < -0.4 is 14.5 Å². The highest BCUT2D eigenvalue weighted by molar-refractivity contribution is 5.53. The van der Waals surface area contributed by atoms with E-state index in [4.69, 9.17) is 0 Å². The minimum Gasteiger partial charge on any atom is -0.406 e. The lowest BCUT2D eigenvalue weighted by Crippen LogP contribution is -2.46. The number of halogens is 3. The number of benzene rings is 2. The molecule has 27 heavy (non-hydrogen) atoms. The van der Waals surface area contributed by atoms with Gasteiger partial charge in [-0.05, 0) is 47.4 Å². The fraction of sp³-hybridized carbons (Fsp3) is 0.429. The zero-order chi connectivity index (χ0) is 19.7. The van der Waals surface area contributed by atoms with Crippen LogP contribution in [0.15, 0.2) is 48.5 Å². The molecule has 2 aromatic rings. The van der Waals surface area contributed by atoms with Crippen LogP contribution >= 0.6 is 0 Å². The van der Waals surface area contributed by atoms with Gasteiger partial charge in [0.2, 0.25) is 0 Å². The van der Waals surface area contributed by atoms with Crippen molar-refractivity contribution in [1.82, 2.24) is 0 Å². The summed E-state index contributed by atoms with van der Waals surface area (Å²) in [6.07, 6.45) is -4.66. The van der Waals surface area contributed by atoms with Crippen LogP contribution in [0, 0.1) is 0 Å². The van der Waals surface area contributed by atoms with E-state index >= 15 is 0 Å². The summed E-state index contributed by atoms with van der Waals surface area (Å²) in [7, 11) is 0. The number of hydrogen-bond donors (Lipinski definition) is 0. The topological polar surface area (TPSA) is 15.7 Å². The second kappa shape index (κ2) is 7.33. The van der Waals surface area contributed by atoms with Crippen LogP contribution in [0.1, 0.15) is 26.3 Å². The molecule has 146 valence electrons. The normalized spacial score (nSPS) is 15.8. The third-order valence-corrected chi connectivity index (χ3v) is 4.81. The maximum absolute atomic E-state index is 12.3. The Hall–Kier alpha value is -2.37.